The van der Waals surface area contributed by atoms with E-state index in [9.17, 15) is 9.59 Å². The highest BCUT2D eigenvalue weighted by Gasteiger charge is 2.38. The number of aryl methyl sites for hydroxylation is 1. The lowest BCUT2D eigenvalue weighted by Gasteiger charge is -2.42. The molecule has 0 spiro atoms. The third kappa shape index (κ3) is 4.12. The Labute approximate surface area is 138 Å². The van der Waals surface area contributed by atoms with Gasteiger partial charge in [0.25, 0.3) is 0 Å². The standard InChI is InChI=1S/C19H27NO3/c1-15-7-5-6-8-16(15)19(11-14-21)9-12-20(13-10-19)17(22)23-18(2,3)4/h5-8,14H,9-13H2,1-4H3. The van der Waals surface area contributed by atoms with Crippen LogP contribution in [-0.2, 0) is 14.9 Å². The molecule has 1 aromatic carbocycles. The number of aldehydes is 1. The number of amides is 1. The summed E-state index contributed by atoms with van der Waals surface area (Å²) >= 11 is 0. The maximum atomic E-state index is 12.2. The Kier molecular flexibility index (Phi) is 5.12. The molecule has 126 valence electrons. The van der Waals surface area contributed by atoms with E-state index in [1.807, 2.05) is 32.9 Å². The van der Waals surface area contributed by atoms with Crippen molar-refractivity contribution >= 4 is 12.4 Å². The maximum Gasteiger partial charge on any atom is 0.410 e. The average molecular weight is 317 g/mol. The fraction of sp³-hybridized carbons (Fsp3) is 0.579. The predicted octanol–water partition coefficient (Wildman–Crippen LogP) is 3.85. The summed E-state index contributed by atoms with van der Waals surface area (Å²) in [4.78, 5) is 25.2. The molecule has 23 heavy (non-hydrogen) atoms. The zero-order valence-electron chi connectivity index (χ0n) is 14.6. The van der Waals surface area contributed by atoms with Gasteiger partial charge < -0.3 is 14.4 Å². The van der Waals surface area contributed by atoms with Crippen LogP contribution in [-0.4, -0.2) is 36.0 Å². The lowest BCUT2D eigenvalue weighted by Crippen LogP contribution is -2.47. The molecule has 0 atom stereocenters. The minimum atomic E-state index is -0.482. The van der Waals surface area contributed by atoms with E-state index in [1.165, 1.54) is 11.1 Å². The minimum absolute atomic E-state index is 0.161. The maximum absolute atomic E-state index is 12.2. The Bertz CT molecular complexity index is 566. The van der Waals surface area contributed by atoms with E-state index in [0.29, 0.717) is 19.5 Å². The van der Waals surface area contributed by atoms with Crippen molar-refractivity contribution in [3.05, 3.63) is 35.4 Å². The summed E-state index contributed by atoms with van der Waals surface area (Å²) in [6.07, 6.45) is 2.82. The SMILES string of the molecule is Cc1ccccc1C1(CC=O)CCN(C(=O)OC(C)(C)C)CC1. The van der Waals surface area contributed by atoms with Gasteiger partial charge in [-0.15, -0.1) is 0 Å². The summed E-state index contributed by atoms with van der Waals surface area (Å²) < 4.78 is 5.45. The Morgan fingerprint density at radius 3 is 2.39 bits per heavy atom. The van der Waals surface area contributed by atoms with Crippen LogP contribution < -0.4 is 0 Å². The molecule has 0 N–H and O–H groups in total. The van der Waals surface area contributed by atoms with E-state index in [4.69, 9.17) is 4.74 Å². The van der Waals surface area contributed by atoms with Crippen molar-refractivity contribution in [3.63, 3.8) is 0 Å². The van der Waals surface area contributed by atoms with E-state index >= 15 is 0 Å². The van der Waals surface area contributed by atoms with Crippen molar-refractivity contribution in [2.45, 2.75) is 58.0 Å². The van der Waals surface area contributed by atoms with Crippen LogP contribution in [0.15, 0.2) is 24.3 Å². The number of hydrogen-bond donors (Lipinski definition) is 0. The highest BCUT2D eigenvalue weighted by Crippen LogP contribution is 2.39. The first-order valence-corrected chi connectivity index (χ1v) is 8.25. The molecule has 1 saturated heterocycles. The number of nitrogens with zero attached hydrogens (tertiary/aromatic N) is 1. The van der Waals surface area contributed by atoms with Gasteiger partial charge in [-0.05, 0) is 51.7 Å². The quantitative estimate of drug-likeness (QED) is 0.795. The Morgan fingerprint density at radius 1 is 1.26 bits per heavy atom. The number of carbonyl (C=O) groups is 2. The van der Waals surface area contributed by atoms with Gasteiger partial charge in [-0.25, -0.2) is 4.79 Å². The van der Waals surface area contributed by atoms with Gasteiger partial charge in [-0.3, -0.25) is 0 Å². The van der Waals surface area contributed by atoms with Gasteiger partial charge in [0.1, 0.15) is 11.9 Å². The number of ether oxygens (including phenoxy) is 1. The molecule has 0 aromatic heterocycles. The largest absolute Gasteiger partial charge is 0.444 e. The van der Waals surface area contributed by atoms with E-state index in [2.05, 4.69) is 19.1 Å². The molecular formula is C19H27NO3. The number of hydrogen-bond acceptors (Lipinski definition) is 3. The van der Waals surface area contributed by atoms with Crippen LogP contribution in [0.3, 0.4) is 0 Å². The number of benzene rings is 1. The van der Waals surface area contributed by atoms with Gasteiger partial charge in [0, 0.05) is 24.9 Å². The molecule has 4 heteroatoms. The topological polar surface area (TPSA) is 46.6 Å². The van der Waals surface area contributed by atoms with Crippen molar-refractivity contribution in [3.8, 4) is 0 Å². The lowest BCUT2D eigenvalue weighted by atomic mass is 9.69. The molecule has 1 fully saturated rings. The van der Waals surface area contributed by atoms with Crippen molar-refractivity contribution < 1.29 is 14.3 Å². The molecule has 1 aliphatic heterocycles. The smallest absolute Gasteiger partial charge is 0.410 e. The molecule has 0 aliphatic carbocycles. The molecule has 0 saturated carbocycles. The van der Waals surface area contributed by atoms with Gasteiger partial charge >= 0.3 is 6.09 Å². The number of carbonyl (C=O) groups excluding carboxylic acids is 2. The fourth-order valence-corrected chi connectivity index (χ4v) is 3.35. The van der Waals surface area contributed by atoms with Crippen LogP contribution in [0.4, 0.5) is 4.79 Å². The molecule has 0 bridgehead atoms. The van der Waals surface area contributed by atoms with Crippen molar-refractivity contribution in [1.29, 1.82) is 0 Å². The zero-order valence-corrected chi connectivity index (χ0v) is 14.6. The van der Waals surface area contributed by atoms with Crippen LogP contribution in [0, 0.1) is 6.92 Å². The molecule has 1 aromatic rings. The summed E-state index contributed by atoms with van der Waals surface area (Å²) in [5, 5.41) is 0. The third-order valence-electron chi connectivity index (χ3n) is 4.56. The summed E-state index contributed by atoms with van der Waals surface area (Å²) in [5.41, 5.74) is 1.80. The van der Waals surface area contributed by atoms with Gasteiger partial charge in [0.2, 0.25) is 0 Å². The minimum Gasteiger partial charge on any atom is -0.444 e. The van der Waals surface area contributed by atoms with Crippen LogP contribution in [0.25, 0.3) is 0 Å². The molecule has 1 aliphatic rings. The molecule has 2 rings (SSSR count). The number of rotatable bonds is 3. The first kappa shape index (κ1) is 17.5. The molecular weight excluding hydrogens is 290 g/mol. The monoisotopic (exact) mass is 317 g/mol. The van der Waals surface area contributed by atoms with Crippen molar-refractivity contribution in [2.75, 3.05) is 13.1 Å². The van der Waals surface area contributed by atoms with Crippen LogP contribution in [0.5, 0.6) is 0 Å². The number of likely N-dealkylation sites (tertiary alicyclic amines) is 1. The Balaban J connectivity index is 2.14. The summed E-state index contributed by atoms with van der Waals surface area (Å²) in [7, 11) is 0. The van der Waals surface area contributed by atoms with E-state index in [-0.39, 0.29) is 11.5 Å². The van der Waals surface area contributed by atoms with E-state index < -0.39 is 5.60 Å². The highest BCUT2D eigenvalue weighted by molar-refractivity contribution is 5.68. The first-order valence-electron chi connectivity index (χ1n) is 8.25. The summed E-state index contributed by atoms with van der Waals surface area (Å²) in [6.45, 7) is 8.95. The second-order valence-corrected chi connectivity index (χ2v) is 7.43. The Morgan fingerprint density at radius 2 is 1.87 bits per heavy atom. The van der Waals surface area contributed by atoms with Crippen LogP contribution in [0.2, 0.25) is 0 Å². The Hall–Kier alpha value is -1.84. The molecule has 0 radical (unpaired) electrons. The first-order chi connectivity index (χ1) is 10.8. The molecule has 4 nitrogen and oxygen atoms in total. The van der Waals surface area contributed by atoms with Gasteiger partial charge in [0.05, 0.1) is 0 Å². The fourth-order valence-electron chi connectivity index (χ4n) is 3.35. The predicted molar refractivity (Wildman–Crippen MR) is 90.6 cm³/mol. The third-order valence-corrected chi connectivity index (χ3v) is 4.56. The summed E-state index contributed by atoms with van der Waals surface area (Å²) in [5.74, 6) is 0. The lowest BCUT2D eigenvalue weighted by molar-refractivity contribution is -0.109. The van der Waals surface area contributed by atoms with Gasteiger partial charge in [0.15, 0.2) is 0 Å². The highest BCUT2D eigenvalue weighted by atomic mass is 16.6. The van der Waals surface area contributed by atoms with Gasteiger partial charge in [-0.2, -0.15) is 0 Å². The average Bonchev–Trinajstić information content (AvgIpc) is 2.47. The van der Waals surface area contributed by atoms with Crippen LogP contribution in [0.1, 0.15) is 51.2 Å². The summed E-state index contributed by atoms with van der Waals surface area (Å²) in [6, 6.07) is 8.24. The van der Waals surface area contributed by atoms with Crippen LogP contribution >= 0.6 is 0 Å². The van der Waals surface area contributed by atoms with E-state index in [0.717, 1.165) is 19.1 Å². The van der Waals surface area contributed by atoms with Crippen molar-refractivity contribution in [2.24, 2.45) is 0 Å². The van der Waals surface area contributed by atoms with E-state index in [1.54, 1.807) is 4.90 Å². The van der Waals surface area contributed by atoms with Crippen molar-refractivity contribution in [1.82, 2.24) is 4.90 Å². The molecule has 1 heterocycles. The zero-order chi connectivity index (χ0) is 17.1. The van der Waals surface area contributed by atoms with Gasteiger partial charge in [-0.1, -0.05) is 24.3 Å². The second-order valence-electron chi connectivity index (χ2n) is 7.43. The number of piperidine rings is 1. The molecule has 1 amide bonds. The second kappa shape index (κ2) is 6.73. The molecule has 0 unspecified atom stereocenters. The normalized spacial score (nSPS) is 17.7.